The van der Waals surface area contributed by atoms with Crippen molar-refractivity contribution in [1.29, 1.82) is 0 Å². The maximum absolute atomic E-state index is 2.47. The van der Waals surface area contributed by atoms with Crippen LogP contribution in [0.3, 0.4) is 0 Å². The molecule has 0 amide bonds. The van der Waals surface area contributed by atoms with Crippen LogP contribution in [0.1, 0.15) is 86.1 Å². The quantitative estimate of drug-likeness (QED) is 0.347. The Labute approximate surface area is 193 Å². The van der Waals surface area contributed by atoms with E-state index in [9.17, 15) is 0 Å². The first-order valence-corrected chi connectivity index (χ1v) is 12.7. The second kappa shape index (κ2) is 8.51. The topological polar surface area (TPSA) is 0 Å². The van der Waals surface area contributed by atoms with Crippen LogP contribution in [0.2, 0.25) is 0 Å². The van der Waals surface area contributed by atoms with E-state index in [1.54, 1.807) is 0 Å². The molecule has 0 saturated carbocycles. The molecule has 0 atom stereocenters. The van der Waals surface area contributed by atoms with Crippen molar-refractivity contribution in [3.63, 3.8) is 0 Å². The third-order valence-electron chi connectivity index (χ3n) is 6.54. The standard InChI is InChI=1S/C30H36S/c1-29(2,3)27-13-11-23-19-31-20-24-12-14-28(30(4,5)6)18-26(24)16-22-10-8-7-9-21(22)15-25(23)17-27/h7-14,17-18H,15-16,19-20H2,1-6H3. The molecule has 0 saturated heterocycles. The predicted molar refractivity (Wildman–Crippen MR) is 137 cm³/mol. The van der Waals surface area contributed by atoms with Gasteiger partial charge in [0, 0.05) is 11.5 Å². The Morgan fingerprint density at radius 3 is 1.32 bits per heavy atom. The SMILES string of the molecule is CC(C)(C)c1ccc2c(c1)Cc1ccccc1Cc1cc(C(C)(C)C)ccc1CSC2. The van der Waals surface area contributed by atoms with E-state index in [1.165, 1.54) is 44.5 Å². The molecule has 1 aliphatic rings. The third kappa shape index (κ3) is 5.09. The Morgan fingerprint density at radius 2 is 0.935 bits per heavy atom. The van der Waals surface area contributed by atoms with Gasteiger partial charge in [0.05, 0.1) is 0 Å². The Bertz CT molecular complexity index is 990. The van der Waals surface area contributed by atoms with E-state index in [0.29, 0.717) is 0 Å². The summed E-state index contributed by atoms with van der Waals surface area (Å²) in [4.78, 5) is 0. The third-order valence-corrected chi connectivity index (χ3v) is 7.57. The van der Waals surface area contributed by atoms with Gasteiger partial charge in [-0.25, -0.2) is 0 Å². The molecule has 0 fully saturated rings. The highest BCUT2D eigenvalue weighted by molar-refractivity contribution is 7.97. The summed E-state index contributed by atoms with van der Waals surface area (Å²) in [6.45, 7) is 13.9. The predicted octanol–water partition coefficient (Wildman–Crippen LogP) is 8.21. The van der Waals surface area contributed by atoms with Crippen molar-refractivity contribution in [1.82, 2.24) is 0 Å². The van der Waals surface area contributed by atoms with Crippen molar-refractivity contribution in [2.24, 2.45) is 0 Å². The molecule has 0 nitrogen and oxygen atoms in total. The maximum atomic E-state index is 2.47. The summed E-state index contributed by atoms with van der Waals surface area (Å²) in [5.74, 6) is 2.14. The second-order valence-corrected chi connectivity index (χ2v) is 12.1. The van der Waals surface area contributed by atoms with Crippen LogP contribution in [-0.2, 0) is 35.2 Å². The Morgan fingerprint density at radius 1 is 0.516 bits per heavy atom. The van der Waals surface area contributed by atoms with E-state index in [4.69, 9.17) is 0 Å². The van der Waals surface area contributed by atoms with Crippen molar-refractivity contribution in [3.8, 4) is 0 Å². The van der Waals surface area contributed by atoms with Crippen LogP contribution >= 0.6 is 11.8 Å². The molecule has 0 N–H and O–H groups in total. The van der Waals surface area contributed by atoms with Crippen molar-refractivity contribution < 1.29 is 0 Å². The van der Waals surface area contributed by atoms with Crippen LogP contribution in [0.25, 0.3) is 0 Å². The lowest BCUT2D eigenvalue weighted by Gasteiger charge is -2.22. The highest BCUT2D eigenvalue weighted by Crippen LogP contribution is 2.33. The van der Waals surface area contributed by atoms with Gasteiger partial charge in [-0.15, -0.1) is 0 Å². The van der Waals surface area contributed by atoms with Crippen LogP contribution in [0.15, 0.2) is 60.7 Å². The average Bonchev–Trinajstić information content (AvgIpc) is 2.72. The largest absolute Gasteiger partial charge is 0.152 e. The highest BCUT2D eigenvalue weighted by Gasteiger charge is 2.19. The van der Waals surface area contributed by atoms with Crippen LogP contribution in [0, 0.1) is 0 Å². The minimum Gasteiger partial charge on any atom is -0.152 e. The molecule has 31 heavy (non-hydrogen) atoms. The number of hydrogen-bond acceptors (Lipinski definition) is 1. The van der Waals surface area contributed by atoms with Crippen molar-refractivity contribution in [2.45, 2.75) is 76.7 Å². The van der Waals surface area contributed by atoms with Crippen LogP contribution in [0.5, 0.6) is 0 Å². The van der Waals surface area contributed by atoms with Gasteiger partial charge in [-0.2, -0.15) is 11.8 Å². The summed E-state index contributed by atoms with van der Waals surface area (Å²) < 4.78 is 0. The van der Waals surface area contributed by atoms with Crippen molar-refractivity contribution >= 4 is 11.8 Å². The first-order valence-electron chi connectivity index (χ1n) is 11.5. The molecule has 162 valence electrons. The van der Waals surface area contributed by atoms with Gasteiger partial charge in [-0.05, 0) is 68.2 Å². The molecule has 0 spiro atoms. The van der Waals surface area contributed by atoms with Gasteiger partial charge in [0.2, 0.25) is 0 Å². The number of benzene rings is 3. The fraction of sp³-hybridized carbons (Fsp3) is 0.400. The number of fused-ring (bicyclic) bond motifs is 3. The molecule has 0 aromatic heterocycles. The van der Waals surface area contributed by atoms with E-state index < -0.39 is 0 Å². The lowest BCUT2D eigenvalue weighted by atomic mass is 9.83. The summed E-state index contributed by atoms with van der Waals surface area (Å²) in [7, 11) is 0. The maximum Gasteiger partial charge on any atom is 0.0190 e. The normalized spacial score (nSPS) is 14.8. The summed E-state index contributed by atoms with van der Waals surface area (Å²) in [5, 5.41) is 0. The zero-order valence-corrected chi connectivity index (χ0v) is 20.8. The lowest BCUT2D eigenvalue weighted by molar-refractivity contribution is 0.589. The Balaban J connectivity index is 1.80. The van der Waals surface area contributed by atoms with Gasteiger partial charge < -0.3 is 0 Å². The van der Waals surface area contributed by atoms with Crippen LogP contribution < -0.4 is 0 Å². The lowest BCUT2D eigenvalue weighted by Crippen LogP contribution is -2.12. The van der Waals surface area contributed by atoms with Gasteiger partial charge in [0.1, 0.15) is 0 Å². The minimum absolute atomic E-state index is 0.174. The summed E-state index contributed by atoms with van der Waals surface area (Å²) in [5.41, 5.74) is 12.1. The molecule has 0 bridgehead atoms. The smallest absolute Gasteiger partial charge is 0.0190 e. The monoisotopic (exact) mass is 428 g/mol. The summed E-state index contributed by atoms with van der Waals surface area (Å²) >= 11 is 2.05. The number of thioether (sulfide) groups is 1. The van der Waals surface area contributed by atoms with E-state index in [2.05, 4.69) is 114 Å². The van der Waals surface area contributed by atoms with Crippen LogP contribution in [-0.4, -0.2) is 0 Å². The average molecular weight is 429 g/mol. The van der Waals surface area contributed by atoms with E-state index >= 15 is 0 Å². The molecular formula is C30H36S. The zero-order chi connectivity index (χ0) is 22.2. The summed E-state index contributed by atoms with van der Waals surface area (Å²) in [6.07, 6.45) is 2.04. The summed E-state index contributed by atoms with van der Waals surface area (Å²) in [6, 6.07) is 23.5. The molecule has 1 heterocycles. The molecule has 4 rings (SSSR count). The Hall–Kier alpha value is -1.99. The fourth-order valence-corrected chi connectivity index (χ4v) is 5.48. The number of rotatable bonds is 0. The van der Waals surface area contributed by atoms with Gasteiger partial charge in [-0.1, -0.05) is 102 Å². The minimum atomic E-state index is 0.174. The molecule has 1 aliphatic heterocycles. The van der Waals surface area contributed by atoms with Crippen molar-refractivity contribution in [2.75, 3.05) is 0 Å². The Kier molecular flexibility index (Phi) is 6.10. The van der Waals surface area contributed by atoms with Gasteiger partial charge >= 0.3 is 0 Å². The second-order valence-electron chi connectivity index (χ2n) is 11.1. The molecule has 3 aromatic rings. The molecule has 0 radical (unpaired) electrons. The van der Waals surface area contributed by atoms with Gasteiger partial charge in [0.15, 0.2) is 0 Å². The molecule has 1 heteroatoms. The van der Waals surface area contributed by atoms with Gasteiger partial charge in [-0.3, -0.25) is 0 Å². The molecule has 3 aromatic carbocycles. The highest BCUT2D eigenvalue weighted by atomic mass is 32.2. The van der Waals surface area contributed by atoms with E-state index in [1.807, 2.05) is 0 Å². The first kappa shape index (κ1) is 22.2. The molecule has 0 aliphatic carbocycles. The zero-order valence-electron chi connectivity index (χ0n) is 20.0. The first-order chi connectivity index (χ1) is 14.6. The fourth-order valence-electron chi connectivity index (χ4n) is 4.38. The van der Waals surface area contributed by atoms with E-state index in [-0.39, 0.29) is 10.8 Å². The molecule has 0 unspecified atom stereocenters. The van der Waals surface area contributed by atoms with Crippen molar-refractivity contribution in [3.05, 3.63) is 105 Å². The number of hydrogen-bond donors (Lipinski definition) is 0. The molecular weight excluding hydrogens is 392 g/mol. The van der Waals surface area contributed by atoms with Gasteiger partial charge in [0.25, 0.3) is 0 Å². The van der Waals surface area contributed by atoms with Crippen LogP contribution in [0.4, 0.5) is 0 Å². The van der Waals surface area contributed by atoms with E-state index in [0.717, 1.165) is 24.3 Å².